The van der Waals surface area contributed by atoms with Gasteiger partial charge in [0.15, 0.2) is 0 Å². The van der Waals surface area contributed by atoms with Crippen LogP contribution in [0.5, 0.6) is 0 Å². The number of piperidine rings is 1. The summed E-state index contributed by atoms with van der Waals surface area (Å²) in [5.41, 5.74) is 5.83. The van der Waals surface area contributed by atoms with Crippen LogP contribution in [0.2, 0.25) is 0 Å². The fraction of sp³-hybridized carbons (Fsp3) is 0.895. The number of nitrogens with two attached hydrogens (primary N) is 1. The maximum absolute atomic E-state index is 12.8. The Bertz CT molecular complexity index is 468. The Morgan fingerprint density at radius 3 is 2.24 bits per heavy atom. The van der Waals surface area contributed by atoms with E-state index in [2.05, 4.69) is 11.9 Å². The lowest BCUT2D eigenvalue weighted by atomic mass is 9.90. The van der Waals surface area contributed by atoms with Gasteiger partial charge < -0.3 is 20.4 Å². The molecule has 6 nitrogen and oxygen atoms in total. The van der Waals surface area contributed by atoms with Crippen molar-refractivity contribution in [1.29, 1.82) is 0 Å². The third-order valence-corrected chi connectivity index (χ3v) is 6.52. The minimum Gasteiger partial charge on any atom is -0.342 e. The van der Waals surface area contributed by atoms with Gasteiger partial charge in [-0.2, -0.15) is 0 Å². The van der Waals surface area contributed by atoms with Crippen LogP contribution < -0.4 is 5.73 Å². The van der Waals surface area contributed by atoms with Crippen molar-refractivity contribution in [1.82, 2.24) is 14.7 Å². The summed E-state index contributed by atoms with van der Waals surface area (Å²) in [5, 5.41) is 0. The summed E-state index contributed by atoms with van der Waals surface area (Å²) in [7, 11) is 2.11. The first kappa shape index (κ1) is 18.6. The summed E-state index contributed by atoms with van der Waals surface area (Å²) in [5.74, 6) is 1.58. The number of rotatable bonds is 4. The molecule has 2 saturated heterocycles. The van der Waals surface area contributed by atoms with Gasteiger partial charge in [0.2, 0.25) is 11.8 Å². The molecule has 2 atom stereocenters. The minimum atomic E-state index is 0.147. The van der Waals surface area contributed by atoms with Gasteiger partial charge in [-0.05, 0) is 51.1 Å². The van der Waals surface area contributed by atoms with Crippen LogP contribution in [-0.2, 0) is 9.59 Å². The second kappa shape index (κ2) is 8.49. The number of nitrogens with zero attached hydrogens (tertiary/aromatic N) is 3. The van der Waals surface area contributed by atoms with Crippen LogP contribution in [0, 0.1) is 17.8 Å². The Balaban J connectivity index is 1.42. The molecule has 1 saturated carbocycles. The van der Waals surface area contributed by atoms with Gasteiger partial charge >= 0.3 is 0 Å². The van der Waals surface area contributed by atoms with E-state index < -0.39 is 0 Å². The zero-order valence-electron chi connectivity index (χ0n) is 15.7. The van der Waals surface area contributed by atoms with Crippen LogP contribution in [0.25, 0.3) is 0 Å². The highest BCUT2D eigenvalue weighted by molar-refractivity contribution is 5.80. The standard InChI is InChI=1S/C19H34N4O2/c1-21-9-11-22(12-10-21)18(24)13-15-5-7-23(8-6-15)19(25)17-4-2-3-16(17)14-20/h15-17H,2-14,20H2,1H3/t16-,17-/m1/s1. The van der Waals surface area contributed by atoms with Crippen molar-refractivity contribution in [2.75, 3.05) is 52.9 Å². The van der Waals surface area contributed by atoms with Gasteiger partial charge in [0.05, 0.1) is 0 Å². The Labute approximate surface area is 151 Å². The molecule has 0 radical (unpaired) electrons. The molecule has 0 aromatic rings. The van der Waals surface area contributed by atoms with Crippen molar-refractivity contribution >= 4 is 11.8 Å². The highest BCUT2D eigenvalue weighted by Gasteiger charge is 2.36. The number of hydrogen-bond acceptors (Lipinski definition) is 4. The number of piperazine rings is 1. The molecule has 3 fully saturated rings. The molecule has 0 bridgehead atoms. The maximum atomic E-state index is 12.8. The van der Waals surface area contributed by atoms with Gasteiger partial charge in [0.25, 0.3) is 0 Å². The van der Waals surface area contributed by atoms with Crippen LogP contribution in [0.3, 0.4) is 0 Å². The molecule has 25 heavy (non-hydrogen) atoms. The molecular weight excluding hydrogens is 316 g/mol. The number of carbonyl (C=O) groups excluding carboxylic acids is 2. The quantitative estimate of drug-likeness (QED) is 0.813. The lowest BCUT2D eigenvalue weighted by Gasteiger charge is -2.36. The molecule has 142 valence electrons. The second-order valence-corrected chi connectivity index (χ2v) is 8.19. The van der Waals surface area contributed by atoms with E-state index >= 15 is 0 Å². The molecule has 1 aliphatic carbocycles. The van der Waals surface area contributed by atoms with Crippen molar-refractivity contribution < 1.29 is 9.59 Å². The van der Waals surface area contributed by atoms with Crippen LogP contribution in [0.4, 0.5) is 0 Å². The molecule has 0 aromatic carbocycles. The zero-order chi connectivity index (χ0) is 17.8. The molecule has 2 heterocycles. The predicted molar refractivity (Wildman–Crippen MR) is 97.9 cm³/mol. The average Bonchev–Trinajstić information content (AvgIpc) is 3.11. The summed E-state index contributed by atoms with van der Waals surface area (Å²) in [6.45, 7) is 5.92. The van der Waals surface area contributed by atoms with Crippen LogP contribution >= 0.6 is 0 Å². The highest BCUT2D eigenvalue weighted by atomic mass is 16.2. The lowest BCUT2D eigenvalue weighted by molar-refractivity contribution is -0.138. The second-order valence-electron chi connectivity index (χ2n) is 8.19. The first-order valence-corrected chi connectivity index (χ1v) is 10.0. The Morgan fingerprint density at radius 1 is 0.920 bits per heavy atom. The Morgan fingerprint density at radius 2 is 1.60 bits per heavy atom. The first-order valence-electron chi connectivity index (χ1n) is 10.0. The van der Waals surface area contributed by atoms with Gasteiger partial charge in [-0.25, -0.2) is 0 Å². The molecule has 0 aromatic heterocycles. The van der Waals surface area contributed by atoms with E-state index in [4.69, 9.17) is 5.73 Å². The van der Waals surface area contributed by atoms with Gasteiger partial charge in [0.1, 0.15) is 0 Å². The minimum absolute atomic E-state index is 0.147. The normalized spacial score (nSPS) is 29.2. The summed E-state index contributed by atoms with van der Waals surface area (Å²) in [4.78, 5) is 31.6. The molecule has 0 unspecified atom stereocenters. The van der Waals surface area contributed by atoms with E-state index in [1.807, 2.05) is 9.80 Å². The van der Waals surface area contributed by atoms with Crippen LogP contribution in [0.1, 0.15) is 38.5 Å². The smallest absolute Gasteiger partial charge is 0.226 e. The van der Waals surface area contributed by atoms with Crippen molar-refractivity contribution in [3.8, 4) is 0 Å². The molecule has 2 amide bonds. The topological polar surface area (TPSA) is 69.9 Å². The summed E-state index contributed by atoms with van der Waals surface area (Å²) in [6.07, 6.45) is 5.82. The van der Waals surface area contributed by atoms with Crippen molar-refractivity contribution in [2.24, 2.45) is 23.5 Å². The molecule has 3 rings (SSSR count). The molecule has 2 aliphatic heterocycles. The summed E-state index contributed by atoms with van der Waals surface area (Å²) < 4.78 is 0. The highest BCUT2D eigenvalue weighted by Crippen LogP contribution is 2.33. The van der Waals surface area contributed by atoms with Crippen molar-refractivity contribution in [2.45, 2.75) is 38.5 Å². The molecule has 0 spiro atoms. The average molecular weight is 351 g/mol. The van der Waals surface area contributed by atoms with E-state index in [-0.39, 0.29) is 5.92 Å². The van der Waals surface area contributed by atoms with Gasteiger partial charge in [0, 0.05) is 51.6 Å². The third-order valence-electron chi connectivity index (χ3n) is 6.52. The van der Waals surface area contributed by atoms with E-state index in [0.717, 1.165) is 71.4 Å². The van der Waals surface area contributed by atoms with Crippen LogP contribution in [-0.4, -0.2) is 79.4 Å². The number of hydrogen-bond donors (Lipinski definition) is 1. The fourth-order valence-electron chi connectivity index (χ4n) is 4.67. The van der Waals surface area contributed by atoms with Gasteiger partial charge in [-0.15, -0.1) is 0 Å². The van der Waals surface area contributed by atoms with Gasteiger partial charge in [-0.1, -0.05) is 6.42 Å². The summed E-state index contributed by atoms with van der Waals surface area (Å²) in [6, 6.07) is 0. The fourth-order valence-corrected chi connectivity index (χ4v) is 4.67. The van der Waals surface area contributed by atoms with Crippen molar-refractivity contribution in [3.63, 3.8) is 0 Å². The molecule has 2 N–H and O–H groups in total. The molecule has 6 heteroatoms. The predicted octanol–water partition coefficient (Wildman–Crippen LogP) is 0.764. The number of likely N-dealkylation sites (N-methyl/N-ethyl adjacent to an activating group) is 1. The van der Waals surface area contributed by atoms with Crippen molar-refractivity contribution in [3.05, 3.63) is 0 Å². The van der Waals surface area contributed by atoms with E-state index in [9.17, 15) is 9.59 Å². The largest absolute Gasteiger partial charge is 0.342 e. The zero-order valence-corrected chi connectivity index (χ0v) is 15.7. The monoisotopic (exact) mass is 350 g/mol. The van der Waals surface area contributed by atoms with E-state index in [0.29, 0.717) is 36.6 Å². The Kier molecular flexibility index (Phi) is 6.34. The van der Waals surface area contributed by atoms with Gasteiger partial charge in [-0.3, -0.25) is 9.59 Å². The Hall–Kier alpha value is -1.14. The van der Waals surface area contributed by atoms with E-state index in [1.54, 1.807) is 0 Å². The first-order chi connectivity index (χ1) is 12.1. The molecule has 3 aliphatic rings. The number of likely N-dealkylation sites (tertiary alicyclic amines) is 1. The number of carbonyl (C=O) groups is 2. The lowest BCUT2D eigenvalue weighted by Crippen LogP contribution is -2.48. The molecular formula is C19H34N4O2. The third kappa shape index (κ3) is 4.53. The van der Waals surface area contributed by atoms with E-state index in [1.165, 1.54) is 0 Å². The van der Waals surface area contributed by atoms with Crippen LogP contribution in [0.15, 0.2) is 0 Å². The summed E-state index contributed by atoms with van der Waals surface area (Å²) >= 11 is 0. The number of amides is 2. The maximum Gasteiger partial charge on any atom is 0.226 e. The SMILES string of the molecule is CN1CCN(C(=O)CC2CCN(C(=O)[C@@H]3CCC[C@@H]3CN)CC2)CC1.